The number of hydrogen-bond donors (Lipinski definition) is 0. The van der Waals surface area contributed by atoms with E-state index in [0.29, 0.717) is 6.42 Å². The van der Waals surface area contributed by atoms with Gasteiger partial charge in [-0.3, -0.25) is 0 Å². The number of hydrogen-bond acceptors (Lipinski definition) is 3. The van der Waals surface area contributed by atoms with Gasteiger partial charge in [0.2, 0.25) is 0 Å². The molecule has 0 spiro atoms. The minimum absolute atomic E-state index is 0.0199. The lowest BCUT2D eigenvalue weighted by molar-refractivity contribution is 0.0209. The van der Waals surface area contributed by atoms with Crippen molar-refractivity contribution >= 4 is 17.4 Å². The number of nitrogens with zero attached hydrogens (tertiary/aromatic N) is 1. The zero-order valence-corrected chi connectivity index (χ0v) is 12.6. The fourth-order valence-electron chi connectivity index (χ4n) is 2.29. The topological polar surface area (TPSA) is 29.5 Å². The maximum Gasteiger partial charge on any atom is 0.410 e. The Morgan fingerprint density at radius 1 is 1.53 bits per heavy atom. The van der Waals surface area contributed by atoms with Crippen molar-refractivity contribution in [2.24, 2.45) is 0 Å². The number of halogens is 1. The fourth-order valence-corrected chi connectivity index (χ4v) is 3.15. The predicted molar refractivity (Wildman–Crippen MR) is 74.1 cm³/mol. The van der Waals surface area contributed by atoms with Crippen LogP contribution in [0.2, 0.25) is 0 Å². The van der Waals surface area contributed by atoms with Crippen molar-refractivity contribution < 1.29 is 13.9 Å². The number of likely N-dealkylation sites (N-methyl/N-ethyl adjacent to an activating group) is 1. The molecule has 1 heterocycles. The lowest BCUT2D eigenvalue weighted by atomic mass is 9.91. The second-order valence-electron chi connectivity index (χ2n) is 6.00. The SMILES string of the molecule is CN(C(=O)OC(C)(C)C)C1CCc2csc(F)c2C1. The van der Waals surface area contributed by atoms with Gasteiger partial charge < -0.3 is 9.64 Å². The van der Waals surface area contributed by atoms with Crippen LogP contribution in [0.1, 0.15) is 38.3 Å². The number of aryl methyl sites for hydroxylation is 1. The van der Waals surface area contributed by atoms with E-state index in [1.54, 1.807) is 11.9 Å². The van der Waals surface area contributed by atoms with Crippen LogP contribution in [0.25, 0.3) is 0 Å². The van der Waals surface area contributed by atoms with Crippen molar-refractivity contribution in [1.29, 1.82) is 0 Å². The second kappa shape index (κ2) is 5.12. The standard InChI is InChI=1S/C14H20FNO2S/c1-14(2,3)18-13(17)16(4)10-6-5-9-8-19-12(15)11(9)7-10/h8,10H,5-7H2,1-4H3. The first-order chi connectivity index (χ1) is 8.78. The van der Waals surface area contributed by atoms with Crippen LogP contribution in [-0.4, -0.2) is 29.7 Å². The molecule has 0 N–H and O–H groups in total. The van der Waals surface area contributed by atoms with Gasteiger partial charge in [-0.2, -0.15) is 4.39 Å². The first-order valence-corrected chi connectivity index (χ1v) is 7.36. The molecule has 1 aromatic rings. The fraction of sp³-hybridized carbons (Fsp3) is 0.643. The van der Waals surface area contributed by atoms with Gasteiger partial charge in [0.25, 0.3) is 0 Å². The Kier molecular flexibility index (Phi) is 3.85. The molecule has 0 radical (unpaired) electrons. The summed E-state index contributed by atoms with van der Waals surface area (Å²) in [6, 6.07) is 0.0199. The van der Waals surface area contributed by atoms with Crippen molar-refractivity contribution in [2.45, 2.75) is 51.7 Å². The Hall–Kier alpha value is -1.10. The molecule has 1 amide bonds. The van der Waals surface area contributed by atoms with Crippen molar-refractivity contribution in [2.75, 3.05) is 7.05 Å². The highest BCUT2D eigenvalue weighted by Gasteiger charge is 2.30. The normalized spacial score (nSPS) is 18.9. The number of rotatable bonds is 1. The summed E-state index contributed by atoms with van der Waals surface area (Å²) in [6.07, 6.45) is 1.93. The van der Waals surface area contributed by atoms with E-state index in [2.05, 4.69) is 0 Å². The molecule has 2 rings (SSSR count). The summed E-state index contributed by atoms with van der Waals surface area (Å²) in [6.45, 7) is 5.53. The Bertz CT molecular complexity index is 478. The monoisotopic (exact) mass is 285 g/mol. The summed E-state index contributed by atoms with van der Waals surface area (Å²) in [5.74, 6) is 0. The third-order valence-electron chi connectivity index (χ3n) is 3.35. The Morgan fingerprint density at radius 2 is 2.21 bits per heavy atom. The molecular weight excluding hydrogens is 265 g/mol. The van der Waals surface area contributed by atoms with E-state index in [1.165, 1.54) is 0 Å². The summed E-state index contributed by atoms with van der Waals surface area (Å²) in [5, 5.41) is 1.77. The number of thiophene rings is 1. The molecule has 0 saturated heterocycles. The average Bonchev–Trinajstić information content (AvgIpc) is 2.67. The average molecular weight is 285 g/mol. The van der Waals surface area contributed by atoms with Gasteiger partial charge in [-0.1, -0.05) is 0 Å². The minimum atomic E-state index is -0.501. The van der Waals surface area contributed by atoms with Crippen LogP contribution in [0.3, 0.4) is 0 Å². The summed E-state index contributed by atoms with van der Waals surface area (Å²) in [4.78, 5) is 13.6. The third kappa shape index (κ3) is 3.26. The number of fused-ring (bicyclic) bond motifs is 1. The van der Waals surface area contributed by atoms with Gasteiger partial charge >= 0.3 is 6.09 Å². The quantitative estimate of drug-likeness (QED) is 0.789. The smallest absolute Gasteiger partial charge is 0.410 e. The molecule has 0 aliphatic heterocycles. The lowest BCUT2D eigenvalue weighted by Crippen LogP contribution is -2.43. The van der Waals surface area contributed by atoms with Crippen LogP contribution in [0.5, 0.6) is 0 Å². The van der Waals surface area contributed by atoms with Crippen molar-refractivity contribution in [1.82, 2.24) is 4.90 Å². The first kappa shape index (κ1) is 14.3. The lowest BCUT2D eigenvalue weighted by Gasteiger charge is -2.33. The Balaban J connectivity index is 2.04. The van der Waals surface area contributed by atoms with Gasteiger partial charge in [0, 0.05) is 18.7 Å². The molecule has 19 heavy (non-hydrogen) atoms. The van der Waals surface area contributed by atoms with E-state index >= 15 is 0 Å². The van der Waals surface area contributed by atoms with Crippen molar-refractivity contribution in [3.8, 4) is 0 Å². The molecule has 1 aliphatic carbocycles. The molecule has 1 aliphatic rings. The molecule has 1 unspecified atom stereocenters. The van der Waals surface area contributed by atoms with E-state index in [4.69, 9.17) is 4.74 Å². The first-order valence-electron chi connectivity index (χ1n) is 6.48. The molecule has 1 atom stereocenters. The van der Waals surface area contributed by atoms with Gasteiger partial charge in [0.1, 0.15) is 5.60 Å². The Labute approximate surface area is 117 Å². The number of ether oxygens (including phenoxy) is 1. The zero-order valence-electron chi connectivity index (χ0n) is 11.8. The summed E-state index contributed by atoms with van der Waals surface area (Å²) in [7, 11) is 1.73. The molecule has 0 fully saturated rings. The van der Waals surface area contributed by atoms with Gasteiger partial charge in [0.15, 0.2) is 5.13 Å². The molecule has 106 valence electrons. The van der Waals surface area contributed by atoms with Gasteiger partial charge in [-0.25, -0.2) is 4.79 Å². The zero-order chi connectivity index (χ0) is 14.2. The maximum atomic E-state index is 13.6. The molecule has 0 aromatic carbocycles. The second-order valence-corrected chi connectivity index (χ2v) is 6.83. The molecule has 5 heteroatoms. The molecule has 0 saturated carbocycles. The van der Waals surface area contributed by atoms with Crippen LogP contribution in [-0.2, 0) is 17.6 Å². The van der Waals surface area contributed by atoms with E-state index in [9.17, 15) is 9.18 Å². The van der Waals surface area contributed by atoms with E-state index in [-0.39, 0.29) is 17.3 Å². The molecule has 3 nitrogen and oxygen atoms in total. The van der Waals surface area contributed by atoms with Crippen molar-refractivity contribution in [3.63, 3.8) is 0 Å². The predicted octanol–water partition coefficient (Wildman–Crippen LogP) is 3.61. The van der Waals surface area contributed by atoms with E-state index in [1.807, 2.05) is 26.2 Å². The number of amides is 1. The minimum Gasteiger partial charge on any atom is -0.444 e. The van der Waals surface area contributed by atoms with E-state index in [0.717, 1.165) is 35.3 Å². The largest absolute Gasteiger partial charge is 0.444 e. The summed E-state index contributed by atoms with van der Waals surface area (Å²) in [5.41, 5.74) is 1.37. The van der Waals surface area contributed by atoms with Crippen LogP contribution < -0.4 is 0 Å². The third-order valence-corrected chi connectivity index (χ3v) is 4.20. The summed E-state index contributed by atoms with van der Waals surface area (Å²) < 4.78 is 19.0. The van der Waals surface area contributed by atoms with Gasteiger partial charge in [-0.05, 0) is 51.0 Å². The van der Waals surface area contributed by atoms with Crippen molar-refractivity contribution in [3.05, 3.63) is 21.6 Å². The molecule has 0 bridgehead atoms. The van der Waals surface area contributed by atoms with Crippen LogP contribution in [0.15, 0.2) is 5.38 Å². The highest BCUT2D eigenvalue weighted by Crippen LogP contribution is 2.30. The number of carbonyl (C=O) groups excluding carboxylic acids is 1. The van der Waals surface area contributed by atoms with Crippen LogP contribution in [0, 0.1) is 5.13 Å². The Morgan fingerprint density at radius 3 is 2.84 bits per heavy atom. The molecular formula is C14H20FNO2S. The van der Waals surface area contributed by atoms with Gasteiger partial charge in [-0.15, -0.1) is 11.3 Å². The maximum absolute atomic E-state index is 13.6. The highest BCUT2D eigenvalue weighted by molar-refractivity contribution is 7.08. The van der Waals surface area contributed by atoms with Crippen LogP contribution in [0.4, 0.5) is 9.18 Å². The van der Waals surface area contributed by atoms with E-state index < -0.39 is 5.60 Å². The number of carbonyl (C=O) groups is 1. The van der Waals surface area contributed by atoms with Gasteiger partial charge in [0.05, 0.1) is 0 Å². The molecule has 1 aromatic heterocycles. The summed E-state index contributed by atoms with van der Waals surface area (Å²) >= 11 is 1.15. The van der Waals surface area contributed by atoms with Crippen LogP contribution >= 0.6 is 11.3 Å². The highest BCUT2D eigenvalue weighted by atomic mass is 32.1.